The van der Waals surface area contributed by atoms with Crippen molar-refractivity contribution in [1.82, 2.24) is 36.0 Å². The van der Waals surface area contributed by atoms with Gasteiger partial charge in [-0.1, -0.05) is 78.3 Å². The molecule has 0 aromatic heterocycles. The number of benzene rings is 2. The van der Waals surface area contributed by atoms with Crippen molar-refractivity contribution in [1.29, 1.82) is 0 Å². The van der Waals surface area contributed by atoms with Crippen molar-refractivity contribution in [2.45, 2.75) is 136 Å². The van der Waals surface area contributed by atoms with Gasteiger partial charge in [0.1, 0.15) is 30.1 Å². The van der Waals surface area contributed by atoms with Crippen LogP contribution in [-0.2, 0) is 58.9 Å². The molecule has 1 heterocycles. The second kappa shape index (κ2) is 37.1. The Bertz CT molecular complexity index is 2340. The summed E-state index contributed by atoms with van der Waals surface area (Å²) in [5.41, 5.74) is 1.55. The highest BCUT2D eigenvalue weighted by molar-refractivity contribution is 6.30. The number of amides is 7. The Balaban J connectivity index is 1.55. The lowest BCUT2D eigenvalue weighted by molar-refractivity contribution is -0.148. The molecule has 460 valence electrons. The van der Waals surface area contributed by atoms with E-state index in [2.05, 4.69) is 31.9 Å². The first-order chi connectivity index (χ1) is 39.0. The van der Waals surface area contributed by atoms with E-state index in [9.17, 15) is 38.4 Å². The van der Waals surface area contributed by atoms with E-state index in [1.807, 2.05) is 95.8 Å². The number of nitrogens with zero attached hydrogens (tertiary/aromatic N) is 3. The maximum absolute atomic E-state index is 14.5. The molecule has 0 radical (unpaired) electrons. The fourth-order valence-electron chi connectivity index (χ4n) is 10.3. The Morgan fingerprint density at radius 2 is 1.37 bits per heavy atom. The molecular formula is C59H93Cl2N9O12. The van der Waals surface area contributed by atoms with Crippen molar-refractivity contribution in [3.05, 3.63) is 59.7 Å². The van der Waals surface area contributed by atoms with Gasteiger partial charge in [0.15, 0.2) is 5.78 Å². The standard InChI is InChI=1S/C59H93Cl2N9O12/c1-13-39(6)53(69(10)58(78)51(37(2)3)67-57(77)52(38(4)5)68(8)9)48(79-11)34-47(71)46-22-19-27-70(46)59(80-12)40(7)54(74)66-45(32-41-20-15-14-16-21-41)56(76)62-25-17-18-28-81-30-31-82-29-26-63-55(75)42-23-24-43(64-49(72)35-60)44(33-42)65-50(73)36-61/h14-16,20-21,23-24,33,37-40,45-46,48,51-53,59H,13,17-19,22,25-32,34-36H2,1-12H3,(H,62,76)(H,63,75)(H,64,72)(H,65,73)(H,66,74)(H,67,77)/t39-,40-,45+,46?,48+,51+,52-,53-,59+/m0/s1. The number of likely N-dealkylation sites (tertiary alicyclic amines) is 1. The lowest BCUT2D eigenvalue weighted by Gasteiger charge is -2.41. The molecule has 6 N–H and O–H groups in total. The quantitative estimate of drug-likeness (QED) is 0.0379. The van der Waals surface area contributed by atoms with Gasteiger partial charge in [0.25, 0.3) is 5.91 Å². The fourth-order valence-corrected chi connectivity index (χ4v) is 10.5. The van der Waals surface area contributed by atoms with Crippen molar-refractivity contribution < 1.29 is 57.3 Å². The zero-order valence-corrected chi connectivity index (χ0v) is 51.8. The number of carbonyl (C=O) groups excluding carboxylic acids is 8. The number of carbonyl (C=O) groups is 8. The van der Waals surface area contributed by atoms with Crippen LogP contribution < -0.4 is 31.9 Å². The number of likely N-dealkylation sites (N-methyl/N-ethyl adjacent to an activating group) is 2. The normalized spacial score (nSPS) is 16.5. The number of methoxy groups -OCH3 is 2. The number of Topliss-reactive ketones (excluding diaryl/α,β-unsaturated/α-hetero) is 1. The van der Waals surface area contributed by atoms with E-state index < -0.39 is 72.1 Å². The minimum Gasteiger partial charge on any atom is -0.379 e. The summed E-state index contributed by atoms with van der Waals surface area (Å²) in [6.45, 7) is 15.8. The lowest BCUT2D eigenvalue weighted by Crippen LogP contribution is -2.59. The van der Waals surface area contributed by atoms with Crippen LogP contribution in [0.3, 0.4) is 0 Å². The Morgan fingerprint density at radius 3 is 1.95 bits per heavy atom. The Morgan fingerprint density at radius 1 is 0.720 bits per heavy atom. The maximum atomic E-state index is 14.5. The summed E-state index contributed by atoms with van der Waals surface area (Å²) < 4.78 is 23.4. The van der Waals surface area contributed by atoms with Crippen LogP contribution in [0.5, 0.6) is 0 Å². The van der Waals surface area contributed by atoms with E-state index >= 15 is 0 Å². The van der Waals surface area contributed by atoms with Crippen LogP contribution >= 0.6 is 23.2 Å². The number of rotatable bonds is 38. The third kappa shape index (κ3) is 22.4. The second-order valence-corrected chi connectivity index (χ2v) is 22.4. The average Bonchev–Trinajstić information content (AvgIpc) is 4.15. The number of nitrogens with one attached hydrogen (secondary N) is 6. The van der Waals surface area contributed by atoms with Crippen molar-refractivity contribution in [3.63, 3.8) is 0 Å². The number of hydrogen-bond donors (Lipinski definition) is 6. The molecular weight excluding hydrogens is 1100 g/mol. The summed E-state index contributed by atoms with van der Waals surface area (Å²) in [6, 6.07) is 10.6. The maximum Gasteiger partial charge on any atom is 0.251 e. The van der Waals surface area contributed by atoms with Crippen LogP contribution in [-0.4, -0.2) is 198 Å². The van der Waals surface area contributed by atoms with Crippen LogP contribution in [0.4, 0.5) is 11.4 Å². The molecule has 21 nitrogen and oxygen atoms in total. The van der Waals surface area contributed by atoms with Gasteiger partial charge in [-0.15, -0.1) is 23.2 Å². The van der Waals surface area contributed by atoms with Crippen molar-refractivity contribution >= 4 is 81.7 Å². The van der Waals surface area contributed by atoms with Crippen LogP contribution in [0.25, 0.3) is 0 Å². The number of halogens is 2. The molecule has 1 aliphatic heterocycles. The van der Waals surface area contributed by atoms with Gasteiger partial charge < -0.3 is 55.7 Å². The Kier molecular flexibility index (Phi) is 32.2. The molecule has 1 unspecified atom stereocenters. The van der Waals surface area contributed by atoms with Gasteiger partial charge in [0.2, 0.25) is 35.4 Å². The predicted molar refractivity (Wildman–Crippen MR) is 319 cm³/mol. The highest BCUT2D eigenvalue weighted by Gasteiger charge is 2.44. The monoisotopic (exact) mass is 1190 g/mol. The molecule has 1 aliphatic rings. The topological polar surface area (TPSA) is 255 Å². The number of anilines is 2. The molecule has 3 rings (SSSR count). The molecule has 0 spiro atoms. The molecule has 82 heavy (non-hydrogen) atoms. The number of ketones is 1. The molecule has 1 saturated heterocycles. The van der Waals surface area contributed by atoms with Gasteiger partial charge >= 0.3 is 0 Å². The predicted octanol–water partition coefficient (Wildman–Crippen LogP) is 5.08. The molecule has 2 aromatic carbocycles. The van der Waals surface area contributed by atoms with Gasteiger partial charge in [-0.25, -0.2) is 0 Å². The lowest BCUT2D eigenvalue weighted by atomic mass is 9.88. The van der Waals surface area contributed by atoms with Gasteiger partial charge in [-0.2, -0.15) is 0 Å². The van der Waals surface area contributed by atoms with Crippen molar-refractivity contribution in [2.75, 3.05) is 104 Å². The minimum atomic E-state index is -0.908. The highest BCUT2D eigenvalue weighted by atomic mass is 35.5. The molecule has 23 heteroatoms. The molecule has 9 atom stereocenters. The van der Waals surface area contributed by atoms with E-state index in [-0.39, 0.29) is 103 Å². The first kappa shape index (κ1) is 71.0. The van der Waals surface area contributed by atoms with Crippen molar-refractivity contribution in [2.24, 2.45) is 23.7 Å². The summed E-state index contributed by atoms with van der Waals surface area (Å²) in [4.78, 5) is 113. The smallest absolute Gasteiger partial charge is 0.251 e. The van der Waals surface area contributed by atoms with Crippen LogP contribution in [0.2, 0.25) is 0 Å². The zero-order chi connectivity index (χ0) is 61.1. The fraction of sp³-hybridized carbons (Fsp3) is 0.661. The van der Waals surface area contributed by atoms with E-state index in [0.29, 0.717) is 58.4 Å². The molecule has 0 aliphatic carbocycles. The van der Waals surface area contributed by atoms with Crippen LogP contribution in [0.1, 0.15) is 103 Å². The third-order valence-electron chi connectivity index (χ3n) is 14.8. The molecule has 0 saturated carbocycles. The molecule has 0 bridgehead atoms. The van der Waals surface area contributed by atoms with Gasteiger partial charge in [-0.05, 0) is 88.2 Å². The summed E-state index contributed by atoms with van der Waals surface area (Å²) in [5, 5.41) is 16.9. The summed E-state index contributed by atoms with van der Waals surface area (Å²) >= 11 is 11.2. The van der Waals surface area contributed by atoms with Crippen LogP contribution in [0.15, 0.2) is 48.5 Å². The Hall–Kier alpha value is -5.26. The number of unbranched alkanes of at least 4 members (excludes halogenated alkanes) is 1. The SMILES string of the molecule is CC[C@H](C)[C@@H]([C@@H](CC(=O)C1CCCN1[C@H](OC)[C@@H](C)C(=O)N[C@H](Cc1ccccc1)C(=O)NCCCCOCCOCCNC(=O)c1ccc(NC(=O)CCl)c(NC(=O)CCl)c1)OC)N(C)C(=O)[C@H](NC(=O)[C@H](C(C)C)N(C)C)C(C)C. The largest absolute Gasteiger partial charge is 0.379 e. The number of hydrogen-bond acceptors (Lipinski definition) is 14. The summed E-state index contributed by atoms with van der Waals surface area (Å²) in [5.74, 6) is -4.45. The molecule has 7 amide bonds. The first-order valence-electron chi connectivity index (χ1n) is 28.5. The van der Waals surface area contributed by atoms with Gasteiger partial charge in [-0.3, -0.25) is 48.2 Å². The molecule has 2 aromatic rings. The summed E-state index contributed by atoms with van der Waals surface area (Å²) in [7, 11) is 8.46. The summed E-state index contributed by atoms with van der Waals surface area (Å²) in [6.07, 6.45) is 1.95. The molecule has 1 fully saturated rings. The van der Waals surface area contributed by atoms with Gasteiger partial charge in [0.05, 0.1) is 61.3 Å². The first-order valence-corrected chi connectivity index (χ1v) is 29.6. The Labute approximate surface area is 496 Å². The minimum absolute atomic E-state index is 0.00126. The van der Waals surface area contributed by atoms with E-state index in [0.717, 1.165) is 5.56 Å². The second-order valence-electron chi connectivity index (χ2n) is 21.8. The zero-order valence-electron chi connectivity index (χ0n) is 50.3. The van der Waals surface area contributed by atoms with E-state index in [4.69, 9.17) is 42.1 Å². The van der Waals surface area contributed by atoms with Crippen LogP contribution in [0, 0.1) is 23.7 Å². The van der Waals surface area contributed by atoms with E-state index in [1.54, 1.807) is 26.0 Å². The van der Waals surface area contributed by atoms with Gasteiger partial charge in [0, 0.05) is 65.9 Å². The van der Waals surface area contributed by atoms with E-state index in [1.165, 1.54) is 25.3 Å². The number of ether oxygens (including phenoxy) is 4. The third-order valence-corrected chi connectivity index (χ3v) is 15.3. The highest BCUT2D eigenvalue weighted by Crippen LogP contribution is 2.30. The van der Waals surface area contributed by atoms with Crippen molar-refractivity contribution in [3.8, 4) is 0 Å². The number of alkyl halides is 2. The average molecular weight is 1190 g/mol.